The number of nitro benzene ring substituents is 1. The average molecular weight is 383 g/mol. The minimum atomic E-state index is -1.00. The van der Waals surface area contributed by atoms with Crippen LogP contribution in [-0.2, 0) is 16.1 Å². The van der Waals surface area contributed by atoms with Gasteiger partial charge in [0.25, 0.3) is 11.6 Å². The molecular formula is C16H12Cl2N2O5. The fraction of sp³-hybridized carbons (Fsp3) is 0.125. The number of carbonyl (C=O) groups excluding carboxylic acids is 2. The summed E-state index contributed by atoms with van der Waals surface area (Å²) in [5, 5.41) is 14.2. The number of rotatable bonds is 6. The molecule has 0 aliphatic heterocycles. The lowest BCUT2D eigenvalue weighted by atomic mass is 10.2. The number of ether oxygens (including phenoxy) is 1. The van der Waals surface area contributed by atoms with Crippen molar-refractivity contribution in [1.82, 2.24) is 5.32 Å². The van der Waals surface area contributed by atoms with Crippen LogP contribution in [0.5, 0.6) is 0 Å². The lowest BCUT2D eigenvalue weighted by Crippen LogP contribution is -2.28. The van der Waals surface area contributed by atoms with Crippen LogP contribution in [0.3, 0.4) is 0 Å². The summed E-state index contributed by atoms with van der Waals surface area (Å²) in [5.74, 6) is -1.55. The molecule has 1 N–H and O–H groups in total. The molecule has 2 rings (SSSR count). The highest BCUT2D eigenvalue weighted by Gasteiger charge is 2.22. The number of carbonyl (C=O) groups is 2. The van der Waals surface area contributed by atoms with E-state index in [1.807, 2.05) is 0 Å². The molecule has 0 atom stereocenters. The SMILES string of the molecule is O=C(COC(=O)c1cc(Cl)ccc1[N+](=O)[O-])NCc1ccc(Cl)cc1. The molecular weight excluding hydrogens is 371 g/mol. The number of nitro groups is 1. The molecule has 130 valence electrons. The Labute approximate surface area is 152 Å². The van der Waals surface area contributed by atoms with Gasteiger partial charge in [0, 0.05) is 22.7 Å². The number of nitrogens with zero attached hydrogens (tertiary/aromatic N) is 1. The van der Waals surface area contributed by atoms with Crippen molar-refractivity contribution in [3.63, 3.8) is 0 Å². The van der Waals surface area contributed by atoms with Gasteiger partial charge in [-0.15, -0.1) is 0 Å². The van der Waals surface area contributed by atoms with Crippen molar-refractivity contribution in [2.75, 3.05) is 6.61 Å². The molecule has 25 heavy (non-hydrogen) atoms. The van der Waals surface area contributed by atoms with E-state index in [1.54, 1.807) is 24.3 Å². The van der Waals surface area contributed by atoms with Crippen molar-refractivity contribution >= 4 is 40.8 Å². The predicted molar refractivity (Wildman–Crippen MR) is 91.7 cm³/mol. The van der Waals surface area contributed by atoms with Gasteiger partial charge in [-0.1, -0.05) is 35.3 Å². The summed E-state index contributed by atoms with van der Waals surface area (Å²) in [7, 11) is 0. The van der Waals surface area contributed by atoms with Crippen molar-refractivity contribution in [1.29, 1.82) is 0 Å². The van der Waals surface area contributed by atoms with Gasteiger partial charge in [0.15, 0.2) is 6.61 Å². The molecule has 0 fully saturated rings. The molecule has 0 bridgehead atoms. The quantitative estimate of drug-likeness (QED) is 0.469. The molecule has 9 heteroatoms. The van der Waals surface area contributed by atoms with Crippen LogP contribution in [0.4, 0.5) is 5.69 Å². The molecule has 7 nitrogen and oxygen atoms in total. The maximum Gasteiger partial charge on any atom is 0.345 e. The largest absolute Gasteiger partial charge is 0.452 e. The first kappa shape index (κ1) is 18.7. The van der Waals surface area contributed by atoms with E-state index in [2.05, 4.69) is 5.32 Å². The standard InChI is InChI=1S/C16H12Cl2N2O5/c17-11-3-1-10(2-4-11)8-19-15(21)9-25-16(22)13-7-12(18)5-6-14(13)20(23)24/h1-7H,8-9H2,(H,19,21). The van der Waals surface area contributed by atoms with Gasteiger partial charge in [-0.2, -0.15) is 0 Å². The first-order valence-corrected chi connectivity index (χ1v) is 7.74. The molecule has 0 saturated heterocycles. The van der Waals surface area contributed by atoms with E-state index in [4.69, 9.17) is 27.9 Å². The van der Waals surface area contributed by atoms with Crippen LogP contribution in [0.1, 0.15) is 15.9 Å². The normalized spacial score (nSPS) is 10.2. The van der Waals surface area contributed by atoms with Gasteiger partial charge in [0.05, 0.1) is 4.92 Å². The Hall–Kier alpha value is -2.64. The molecule has 0 aromatic heterocycles. The highest BCUT2D eigenvalue weighted by atomic mass is 35.5. The van der Waals surface area contributed by atoms with Gasteiger partial charge in [-0.05, 0) is 29.8 Å². The molecule has 0 radical (unpaired) electrons. The zero-order valence-electron chi connectivity index (χ0n) is 12.7. The van der Waals surface area contributed by atoms with E-state index < -0.39 is 29.1 Å². The van der Waals surface area contributed by atoms with E-state index in [-0.39, 0.29) is 17.1 Å². The maximum atomic E-state index is 12.0. The Bertz CT molecular complexity index is 809. The summed E-state index contributed by atoms with van der Waals surface area (Å²) in [6.07, 6.45) is 0. The van der Waals surface area contributed by atoms with Gasteiger partial charge >= 0.3 is 5.97 Å². The Morgan fingerprint density at radius 1 is 1.08 bits per heavy atom. The highest BCUT2D eigenvalue weighted by molar-refractivity contribution is 6.31. The number of benzene rings is 2. The number of halogens is 2. The van der Waals surface area contributed by atoms with Crippen molar-refractivity contribution in [3.8, 4) is 0 Å². The van der Waals surface area contributed by atoms with Gasteiger partial charge in [0.1, 0.15) is 5.56 Å². The average Bonchev–Trinajstić information content (AvgIpc) is 2.58. The van der Waals surface area contributed by atoms with E-state index in [1.165, 1.54) is 6.07 Å². The Balaban J connectivity index is 1.91. The zero-order valence-corrected chi connectivity index (χ0v) is 14.2. The van der Waals surface area contributed by atoms with Gasteiger partial charge in [0.2, 0.25) is 0 Å². The molecule has 0 spiro atoms. The third-order valence-electron chi connectivity index (χ3n) is 3.11. The number of amides is 1. The Morgan fingerprint density at radius 2 is 1.72 bits per heavy atom. The first-order valence-electron chi connectivity index (χ1n) is 6.99. The molecule has 0 unspecified atom stereocenters. The molecule has 0 aliphatic rings. The van der Waals surface area contributed by atoms with E-state index in [0.717, 1.165) is 17.7 Å². The molecule has 1 amide bonds. The fourth-order valence-corrected chi connectivity index (χ4v) is 2.19. The van der Waals surface area contributed by atoms with Crippen molar-refractivity contribution in [3.05, 3.63) is 73.8 Å². The Morgan fingerprint density at radius 3 is 2.36 bits per heavy atom. The van der Waals surface area contributed by atoms with Crippen LogP contribution >= 0.6 is 23.2 Å². The number of hydrogen-bond acceptors (Lipinski definition) is 5. The highest BCUT2D eigenvalue weighted by Crippen LogP contribution is 2.23. The van der Waals surface area contributed by atoms with E-state index in [0.29, 0.717) is 5.02 Å². The number of esters is 1. The minimum Gasteiger partial charge on any atom is -0.452 e. The molecule has 2 aromatic carbocycles. The third-order valence-corrected chi connectivity index (χ3v) is 3.60. The lowest BCUT2D eigenvalue weighted by molar-refractivity contribution is -0.385. The second-order valence-electron chi connectivity index (χ2n) is 4.90. The second-order valence-corrected chi connectivity index (χ2v) is 5.77. The van der Waals surface area contributed by atoms with Crippen molar-refractivity contribution in [2.45, 2.75) is 6.54 Å². The maximum absolute atomic E-state index is 12.0. The van der Waals surface area contributed by atoms with E-state index in [9.17, 15) is 19.7 Å². The zero-order chi connectivity index (χ0) is 18.4. The van der Waals surface area contributed by atoms with Crippen molar-refractivity contribution in [2.24, 2.45) is 0 Å². The smallest absolute Gasteiger partial charge is 0.345 e. The van der Waals surface area contributed by atoms with Gasteiger partial charge in [-0.3, -0.25) is 14.9 Å². The summed E-state index contributed by atoms with van der Waals surface area (Å²) in [4.78, 5) is 33.9. The van der Waals surface area contributed by atoms with Gasteiger partial charge < -0.3 is 10.1 Å². The van der Waals surface area contributed by atoms with Crippen LogP contribution in [0, 0.1) is 10.1 Å². The monoisotopic (exact) mass is 382 g/mol. The Kier molecular flexibility index (Phi) is 6.32. The fourth-order valence-electron chi connectivity index (χ4n) is 1.89. The predicted octanol–water partition coefficient (Wildman–Crippen LogP) is 3.37. The second kappa shape index (κ2) is 8.46. The first-order chi connectivity index (χ1) is 11.9. The number of hydrogen-bond donors (Lipinski definition) is 1. The van der Waals surface area contributed by atoms with Crippen LogP contribution in [-0.4, -0.2) is 23.4 Å². The van der Waals surface area contributed by atoms with Crippen LogP contribution in [0.15, 0.2) is 42.5 Å². The minimum absolute atomic E-state index is 0.143. The van der Waals surface area contributed by atoms with Crippen LogP contribution < -0.4 is 5.32 Å². The molecule has 0 saturated carbocycles. The molecule has 0 aliphatic carbocycles. The number of nitrogens with one attached hydrogen (secondary N) is 1. The summed E-state index contributed by atoms with van der Waals surface area (Å²) in [6.45, 7) is -0.346. The van der Waals surface area contributed by atoms with Gasteiger partial charge in [-0.25, -0.2) is 4.79 Å². The van der Waals surface area contributed by atoms with Crippen molar-refractivity contribution < 1.29 is 19.2 Å². The lowest BCUT2D eigenvalue weighted by Gasteiger charge is -2.07. The van der Waals surface area contributed by atoms with Crippen LogP contribution in [0.2, 0.25) is 10.0 Å². The summed E-state index contributed by atoms with van der Waals surface area (Å²) in [5.41, 5.74) is 0.0496. The van der Waals surface area contributed by atoms with E-state index >= 15 is 0 Å². The summed E-state index contributed by atoms with van der Waals surface area (Å²) < 4.78 is 4.81. The summed E-state index contributed by atoms with van der Waals surface area (Å²) >= 11 is 11.5. The molecule has 0 heterocycles. The summed E-state index contributed by atoms with van der Waals surface area (Å²) in [6, 6.07) is 10.3. The third kappa shape index (κ3) is 5.44. The van der Waals surface area contributed by atoms with Crippen LogP contribution in [0.25, 0.3) is 0 Å². The topological polar surface area (TPSA) is 98.5 Å². The molecule has 2 aromatic rings.